The van der Waals surface area contributed by atoms with Gasteiger partial charge < -0.3 is 20.1 Å². The van der Waals surface area contributed by atoms with Crippen molar-refractivity contribution in [2.24, 2.45) is 5.73 Å². The first-order valence-electron chi connectivity index (χ1n) is 6.74. The van der Waals surface area contributed by atoms with Crippen LogP contribution in [0.5, 0.6) is 0 Å². The molecule has 1 rings (SSSR count). The van der Waals surface area contributed by atoms with Crippen molar-refractivity contribution in [3.8, 4) is 0 Å². The lowest BCUT2D eigenvalue weighted by molar-refractivity contribution is 0.0954. The molecule has 0 saturated carbocycles. The second kappa shape index (κ2) is 9.46. The Morgan fingerprint density at radius 2 is 2.20 bits per heavy atom. The smallest absolute Gasteiger partial charge is 0.268 e. The summed E-state index contributed by atoms with van der Waals surface area (Å²) in [5, 5.41) is 4.13. The Morgan fingerprint density at radius 3 is 2.85 bits per heavy atom. The van der Waals surface area contributed by atoms with Gasteiger partial charge >= 0.3 is 0 Å². The molecule has 0 aromatic carbocycles. The van der Waals surface area contributed by atoms with Crippen molar-refractivity contribution in [2.45, 2.75) is 13.0 Å². The quantitative estimate of drug-likeness (QED) is 0.594. The lowest BCUT2D eigenvalue weighted by Crippen LogP contribution is -2.29. The van der Waals surface area contributed by atoms with Gasteiger partial charge in [-0.2, -0.15) is 5.10 Å². The summed E-state index contributed by atoms with van der Waals surface area (Å²) in [6.07, 6.45) is 2.52. The number of hydrogen-bond acceptors (Lipinski definition) is 6. The Labute approximate surface area is 119 Å². The highest BCUT2D eigenvalue weighted by molar-refractivity contribution is 5.41. The Morgan fingerprint density at radius 1 is 1.40 bits per heavy atom. The van der Waals surface area contributed by atoms with Gasteiger partial charge in [-0.1, -0.05) is 0 Å². The number of aromatic nitrogens is 2. The third-order valence-corrected chi connectivity index (χ3v) is 2.84. The molecule has 0 radical (unpaired) electrons. The van der Waals surface area contributed by atoms with Crippen LogP contribution in [-0.4, -0.2) is 56.8 Å². The predicted molar refractivity (Wildman–Crippen MR) is 78.1 cm³/mol. The van der Waals surface area contributed by atoms with Gasteiger partial charge in [0.2, 0.25) is 0 Å². The zero-order valence-electron chi connectivity index (χ0n) is 12.2. The van der Waals surface area contributed by atoms with Gasteiger partial charge in [0.25, 0.3) is 5.56 Å². The molecule has 0 spiro atoms. The van der Waals surface area contributed by atoms with E-state index in [-0.39, 0.29) is 5.56 Å². The summed E-state index contributed by atoms with van der Waals surface area (Å²) in [6.45, 7) is 3.45. The molecule has 0 aliphatic carbocycles. The zero-order valence-corrected chi connectivity index (χ0v) is 12.2. The van der Waals surface area contributed by atoms with Crippen LogP contribution in [0.4, 0.5) is 5.69 Å². The van der Waals surface area contributed by atoms with E-state index < -0.39 is 0 Å². The molecule has 2 N–H and O–H groups in total. The molecular weight excluding hydrogens is 260 g/mol. The minimum atomic E-state index is -0.133. The second-order valence-electron chi connectivity index (χ2n) is 4.44. The van der Waals surface area contributed by atoms with Gasteiger partial charge in [-0.25, -0.2) is 4.68 Å². The van der Waals surface area contributed by atoms with Crippen molar-refractivity contribution in [2.75, 3.05) is 52.0 Å². The Kier molecular flexibility index (Phi) is 7.86. The molecule has 0 saturated heterocycles. The minimum Gasteiger partial charge on any atom is -0.385 e. The standard InChI is InChI=1S/C13H24N4O3/c1-16(5-4-14)12-10-13(18)17(15-11-12)6-9-20-8-3-7-19-2/h10-11H,3-9,14H2,1-2H3. The zero-order chi connectivity index (χ0) is 14.8. The van der Waals surface area contributed by atoms with E-state index in [9.17, 15) is 4.79 Å². The van der Waals surface area contributed by atoms with Gasteiger partial charge in [0, 0.05) is 46.5 Å². The highest BCUT2D eigenvalue weighted by Crippen LogP contribution is 2.05. The van der Waals surface area contributed by atoms with Crippen LogP contribution in [0.1, 0.15) is 6.42 Å². The molecule has 0 amide bonds. The second-order valence-corrected chi connectivity index (χ2v) is 4.44. The average molecular weight is 284 g/mol. The molecule has 1 aromatic rings. The number of hydrogen-bond donors (Lipinski definition) is 1. The Hall–Kier alpha value is -1.44. The summed E-state index contributed by atoms with van der Waals surface area (Å²) >= 11 is 0. The lowest BCUT2D eigenvalue weighted by Gasteiger charge is -2.17. The summed E-state index contributed by atoms with van der Waals surface area (Å²) in [5.74, 6) is 0. The molecule has 0 aliphatic heterocycles. The van der Waals surface area contributed by atoms with Crippen molar-refractivity contribution >= 4 is 5.69 Å². The minimum absolute atomic E-state index is 0.133. The molecule has 1 aromatic heterocycles. The van der Waals surface area contributed by atoms with Crippen LogP contribution < -0.4 is 16.2 Å². The van der Waals surface area contributed by atoms with Crippen molar-refractivity contribution in [3.05, 3.63) is 22.6 Å². The highest BCUT2D eigenvalue weighted by Gasteiger charge is 2.04. The van der Waals surface area contributed by atoms with Crippen LogP contribution in [-0.2, 0) is 16.0 Å². The van der Waals surface area contributed by atoms with Gasteiger partial charge in [-0.05, 0) is 6.42 Å². The van der Waals surface area contributed by atoms with Crippen LogP contribution in [0.2, 0.25) is 0 Å². The summed E-state index contributed by atoms with van der Waals surface area (Å²) < 4.78 is 11.7. The van der Waals surface area contributed by atoms with Crippen LogP contribution in [0.15, 0.2) is 17.1 Å². The summed E-state index contributed by atoms with van der Waals surface area (Å²) in [5.41, 5.74) is 6.12. The summed E-state index contributed by atoms with van der Waals surface area (Å²) in [4.78, 5) is 13.8. The van der Waals surface area contributed by atoms with E-state index in [0.717, 1.165) is 12.1 Å². The first-order chi connectivity index (χ1) is 9.69. The van der Waals surface area contributed by atoms with E-state index in [4.69, 9.17) is 15.2 Å². The number of likely N-dealkylation sites (N-methyl/N-ethyl adjacent to an activating group) is 1. The van der Waals surface area contributed by atoms with Crippen LogP contribution in [0.3, 0.4) is 0 Å². The summed E-state index contributed by atoms with van der Waals surface area (Å²) in [6, 6.07) is 1.56. The fourth-order valence-corrected chi connectivity index (χ4v) is 1.68. The molecular formula is C13H24N4O3. The van der Waals surface area contributed by atoms with E-state index in [0.29, 0.717) is 39.5 Å². The van der Waals surface area contributed by atoms with E-state index >= 15 is 0 Å². The van der Waals surface area contributed by atoms with Gasteiger partial charge in [0.05, 0.1) is 25.0 Å². The Bertz CT molecular complexity index is 436. The number of nitrogens with two attached hydrogens (primary N) is 1. The maximum atomic E-state index is 11.9. The van der Waals surface area contributed by atoms with Crippen LogP contribution in [0, 0.1) is 0 Å². The predicted octanol–water partition coefficient (Wildman–Crippen LogP) is -0.309. The fourth-order valence-electron chi connectivity index (χ4n) is 1.68. The number of methoxy groups -OCH3 is 1. The molecule has 1 heterocycles. The van der Waals surface area contributed by atoms with Gasteiger partial charge in [-0.15, -0.1) is 0 Å². The number of rotatable bonds is 10. The largest absolute Gasteiger partial charge is 0.385 e. The molecule has 7 heteroatoms. The highest BCUT2D eigenvalue weighted by atomic mass is 16.5. The Balaban J connectivity index is 2.42. The lowest BCUT2D eigenvalue weighted by atomic mass is 10.4. The molecule has 0 atom stereocenters. The SMILES string of the molecule is COCCCOCCn1ncc(N(C)CCN)cc1=O. The molecule has 114 valence electrons. The maximum absolute atomic E-state index is 11.9. The summed E-state index contributed by atoms with van der Waals surface area (Å²) in [7, 11) is 3.54. The van der Waals surface area contributed by atoms with Crippen LogP contribution >= 0.6 is 0 Å². The number of ether oxygens (including phenoxy) is 2. The monoisotopic (exact) mass is 284 g/mol. The first kappa shape index (κ1) is 16.6. The third-order valence-electron chi connectivity index (χ3n) is 2.84. The third kappa shape index (κ3) is 5.68. The van der Waals surface area contributed by atoms with Crippen molar-refractivity contribution in [3.63, 3.8) is 0 Å². The van der Waals surface area contributed by atoms with Crippen LogP contribution in [0.25, 0.3) is 0 Å². The van der Waals surface area contributed by atoms with E-state index in [1.54, 1.807) is 19.4 Å². The molecule has 0 aliphatic rings. The van der Waals surface area contributed by atoms with Gasteiger partial charge in [0.15, 0.2) is 0 Å². The van der Waals surface area contributed by atoms with E-state index in [1.165, 1.54) is 4.68 Å². The van der Waals surface area contributed by atoms with Gasteiger partial charge in [0.1, 0.15) is 0 Å². The molecule has 20 heavy (non-hydrogen) atoms. The maximum Gasteiger partial charge on any atom is 0.268 e. The van der Waals surface area contributed by atoms with Crippen molar-refractivity contribution in [1.29, 1.82) is 0 Å². The average Bonchev–Trinajstić information content (AvgIpc) is 2.44. The normalized spacial score (nSPS) is 10.8. The molecule has 0 fully saturated rings. The first-order valence-corrected chi connectivity index (χ1v) is 6.74. The number of anilines is 1. The van der Waals surface area contributed by atoms with Crippen molar-refractivity contribution < 1.29 is 9.47 Å². The van der Waals surface area contributed by atoms with E-state index in [1.807, 2.05) is 11.9 Å². The van der Waals surface area contributed by atoms with Crippen molar-refractivity contribution in [1.82, 2.24) is 9.78 Å². The van der Waals surface area contributed by atoms with Gasteiger partial charge in [-0.3, -0.25) is 4.79 Å². The number of nitrogens with zero attached hydrogens (tertiary/aromatic N) is 3. The molecule has 0 unspecified atom stereocenters. The molecule has 7 nitrogen and oxygen atoms in total. The molecule has 0 bridgehead atoms. The fraction of sp³-hybridized carbons (Fsp3) is 0.692. The van der Waals surface area contributed by atoms with E-state index in [2.05, 4.69) is 5.10 Å². The topological polar surface area (TPSA) is 82.6 Å².